The van der Waals surface area contributed by atoms with Gasteiger partial charge in [0.15, 0.2) is 6.10 Å². The number of unbranched alkanes of at least 4 members (excludes halogenated alkanes) is 63. The minimum absolute atomic E-state index is 0.0361. The summed E-state index contributed by atoms with van der Waals surface area (Å²) in [7, 11) is 1.51. The van der Waals surface area contributed by atoms with E-state index in [-0.39, 0.29) is 25.6 Å². The number of esters is 2. The van der Waals surface area contributed by atoms with Crippen LogP contribution in [0.3, 0.4) is 0 Å². The number of rotatable bonds is 83. The fourth-order valence-corrected chi connectivity index (χ4v) is 14.2. The van der Waals surface area contributed by atoms with Gasteiger partial charge < -0.3 is 18.9 Å². The lowest BCUT2D eigenvalue weighted by molar-refractivity contribution is -0.870. The van der Waals surface area contributed by atoms with E-state index in [0.717, 1.165) is 51.4 Å². The first-order valence-electron chi connectivity index (χ1n) is 43.7. The molecule has 0 saturated carbocycles. The van der Waals surface area contributed by atoms with E-state index in [4.69, 9.17) is 18.5 Å². The fourth-order valence-electron chi connectivity index (χ4n) is 13.5. The first-order chi connectivity index (χ1) is 48.0. The van der Waals surface area contributed by atoms with E-state index in [0.29, 0.717) is 17.4 Å². The van der Waals surface area contributed by atoms with Crippen LogP contribution in [0.4, 0.5) is 0 Å². The molecule has 0 bridgehead atoms. The summed E-state index contributed by atoms with van der Waals surface area (Å²) in [6.45, 7) is 4.52. The summed E-state index contributed by atoms with van der Waals surface area (Å²) >= 11 is 0. The molecular formula is C88H171NO8P+. The summed E-state index contributed by atoms with van der Waals surface area (Å²) in [5.41, 5.74) is 0. The fraction of sp³-hybridized carbons (Fsp3) is 0.909. The van der Waals surface area contributed by atoms with Crippen molar-refractivity contribution in [2.75, 3.05) is 47.5 Å². The van der Waals surface area contributed by atoms with Gasteiger partial charge in [-0.1, -0.05) is 436 Å². The van der Waals surface area contributed by atoms with Gasteiger partial charge in [0, 0.05) is 12.8 Å². The maximum Gasteiger partial charge on any atom is 0.472 e. The highest BCUT2D eigenvalue weighted by Gasteiger charge is 2.27. The van der Waals surface area contributed by atoms with Gasteiger partial charge in [0.25, 0.3) is 0 Å². The quantitative estimate of drug-likeness (QED) is 0.0211. The molecule has 0 amide bonds. The van der Waals surface area contributed by atoms with Crippen LogP contribution in [0.2, 0.25) is 0 Å². The Hall–Kier alpha value is -1.77. The Bertz CT molecular complexity index is 1740. The molecule has 0 aliphatic heterocycles. The summed E-state index contributed by atoms with van der Waals surface area (Å²) in [5, 5.41) is 0. The van der Waals surface area contributed by atoms with E-state index in [1.165, 1.54) is 385 Å². The van der Waals surface area contributed by atoms with Gasteiger partial charge in [0.2, 0.25) is 0 Å². The first kappa shape index (κ1) is 96.2. The molecule has 10 heteroatoms. The second kappa shape index (κ2) is 79.3. The molecule has 0 spiro atoms. The van der Waals surface area contributed by atoms with Crippen LogP contribution in [0.15, 0.2) is 36.5 Å². The monoisotopic (exact) mass is 1400 g/mol. The zero-order valence-electron chi connectivity index (χ0n) is 66.6. The highest BCUT2D eigenvalue weighted by atomic mass is 31.2. The molecule has 2 atom stereocenters. The van der Waals surface area contributed by atoms with Crippen molar-refractivity contribution in [3.8, 4) is 0 Å². The molecule has 98 heavy (non-hydrogen) atoms. The normalized spacial score (nSPS) is 13.1. The van der Waals surface area contributed by atoms with Gasteiger partial charge in [-0.3, -0.25) is 18.6 Å². The van der Waals surface area contributed by atoms with E-state index in [1.807, 2.05) is 21.1 Å². The van der Waals surface area contributed by atoms with Gasteiger partial charge in [0.05, 0.1) is 27.7 Å². The third kappa shape index (κ3) is 83.2. The minimum Gasteiger partial charge on any atom is -0.462 e. The van der Waals surface area contributed by atoms with Crippen molar-refractivity contribution in [2.24, 2.45) is 0 Å². The highest BCUT2D eigenvalue weighted by molar-refractivity contribution is 7.47. The van der Waals surface area contributed by atoms with Gasteiger partial charge in [0.1, 0.15) is 19.8 Å². The van der Waals surface area contributed by atoms with Gasteiger partial charge in [-0.2, -0.15) is 0 Å². The number of allylic oxidation sites excluding steroid dienone is 6. The third-order valence-electron chi connectivity index (χ3n) is 20.2. The van der Waals surface area contributed by atoms with Crippen molar-refractivity contribution >= 4 is 19.8 Å². The molecular weight excluding hydrogens is 1230 g/mol. The average Bonchev–Trinajstić information content (AvgIpc) is 1.08. The van der Waals surface area contributed by atoms with Crippen molar-refractivity contribution in [3.05, 3.63) is 36.5 Å². The molecule has 0 fully saturated rings. The molecule has 0 radical (unpaired) electrons. The van der Waals surface area contributed by atoms with Crippen LogP contribution in [0.25, 0.3) is 0 Å². The number of quaternary nitrogens is 1. The van der Waals surface area contributed by atoms with Crippen LogP contribution in [0, 0.1) is 0 Å². The number of nitrogens with zero attached hydrogens (tertiary/aromatic N) is 1. The van der Waals surface area contributed by atoms with E-state index in [9.17, 15) is 19.0 Å². The Morgan fingerprint density at radius 1 is 0.316 bits per heavy atom. The predicted molar refractivity (Wildman–Crippen MR) is 427 cm³/mol. The van der Waals surface area contributed by atoms with Gasteiger partial charge >= 0.3 is 19.8 Å². The highest BCUT2D eigenvalue weighted by Crippen LogP contribution is 2.43. The molecule has 0 aromatic carbocycles. The van der Waals surface area contributed by atoms with E-state index < -0.39 is 26.5 Å². The SMILES string of the molecule is CCCCCCC/C=C\C/C=C\C/C=C\CCCCCCCCCCCCCCCCCCCCCCCCCCCCC(=O)OC(COC(=O)CCCCCCCCCCCCCCCCCCCCCCCCCCCCCCCCCCC)COP(=O)(O)OCC[N+](C)(C)C. The lowest BCUT2D eigenvalue weighted by Crippen LogP contribution is -2.37. The van der Waals surface area contributed by atoms with Gasteiger partial charge in [-0.25, -0.2) is 4.57 Å². The number of hydrogen-bond acceptors (Lipinski definition) is 7. The molecule has 0 aliphatic rings. The molecule has 2 unspecified atom stereocenters. The zero-order valence-corrected chi connectivity index (χ0v) is 67.5. The molecule has 580 valence electrons. The Labute approximate surface area is 612 Å². The average molecular weight is 1400 g/mol. The molecule has 1 N–H and O–H groups in total. The summed E-state index contributed by atoms with van der Waals surface area (Å²) in [6, 6.07) is 0. The number of hydrogen-bond donors (Lipinski definition) is 1. The lowest BCUT2D eigenvalue weighted by Gasteiger charge is -2.24. The van der Waals surface area contributed by atoms with Crippen LogP contribution in [0.1, 0.15) is 463 Å². The molecule has 0 saturated heterocycles. The topological polar surface area (TPSA) is 108 Å². The smallest absolute Gasteiger partial charge is 0.462 e. The van der Waals surface area contributed by atoms with E-state index in [2.05, 4.69) is 50.3 Å². The molecule has 0 aliphatic carbocycles. The van der Waals surface area contributed by atoms with Crippen LogP contribution in [-0.2, 0) is 32.7 Å². The standard InChI is InChI=1S/C88H170NO8P/c1-6-8-10-12-14-16-18-20-22-24-26-28-30-32-34-36-38-40-41-42-43-44-45-46-47-49-51-53-55-57-59-61-63-65-67-69-71-73-75-77-79-81-88(91)97-86(85-96-98(92,93)95-83-82-89(3,4)5)84-94-87(90)80-78-76-74-72-70-68-66-64-62-60-58-56-54-52-50-48-39-37-35-33-31-29-27-25-23-21-19-17-15-13-11-9-7-2/h18,20,24,26,30,32,86H,6-17,19,21-23,25,27-29,31,33-85H2,1-5H3/p+1/b20-18-,26-24-,32-30-. The Morgan fingerprint density at radius 2 is 0.551 bits per heavy atom. The van der Waals surface area contributed by atoms with Crippen molar-refractivity contribution in [3.63, 3.8) is 0 Å². The van der Waals surface area contributed by atoms with Crippen molar-refractivity contribution < 1.29 is 42.1 Å². The number of carbonyl (C=O) groups excluding carboxylic acids is 2. The number of carbonyl (C=O) groups is 2. The maximum atomic E-state index is 12.9. The van der Waals surface area contributed by atoms with E-state index in [1.54, 1.807) is 0 Å². The first-order valence-corrected chi connectivity index (χ1v) is 45.2. The Balaban J connectivity index is 3.85. The maximum absolute atomic E-state index is 12.9. The predicted octanol–water partition coefficient (Wildman–Crippen LogP) is 29.3. The summed E-state index contributed by atoms with van der Waals surface area (Å²) in [6.07, 6.45) is 105. The largest absolute Gasteiger partial charge is 0.472 e. The third-order valence-corrected chi connectivity index (χ3v) is 21.2. The van der Waals surface area contributed by atoms with Crippen LogP contribution in [-0.4, -0.2) is 74.9 Å². The van der Waals surface area contributed by atoms with Crippen molar-refractivity contribution in [2.45, 2.75) is 469 Å². The molecule has 0 aromatic heterocycles. The second-order valence-corrected chi connectivity index (χ2v) is 32.7. The molecule has 0 rings (SSSR count). The van der Waals surface area contributed by atoms with Crippen molar-refractivity contribution in [1.29, 1.82) is 0 Å². The summed E-state index contributed by atoms with van der Waals surface area (Å²) in [5.74, 6) is -0.767. The molecule has 9 nitrogen and oxygen atoms in total. The van der Waals surface area contributed by atoms with Crippen molar-refractivity contribution in [1.82, 2.24) is 0 Å². The Kier molecular flexibility index (Phi) is 77.9. The van der Waals surface area contributed by atoms with Gasteiger partial charge in [-0.05, 0) is 51.4 Å². The van der Waals surface area contributed by atoms with Crippen LogP contribution >= 0.6 is 7.82 Å². The van der Waals surface area contributed by atoms with E-state index >= 15 is 0 Å². The summed E-state index contributed by atoms with van der Waals surface area (Å²) in [4.78, 5) is 36.0. The number of phosphoric acid groups is 1. The number of phosphoric ester groups is 1. The molecule has 0 aromatic rings. The number of ether oxygens (including phenoxy) is 2. The van der Waals surface area contributed by atoms with Gasteiger partial charge in [-0.15, -0.1) is 0 Å². The molecule has 0 heterocycles. The zero-order chi connectivity index (χ0) is 71.1. The Morgan fingerprint density at radius 3 is 0.816 bits per heavy atom. The van der Waals surface area contributed by atoms with Crippen LogP contribution in [0.5, 0.6) is 0 Å². The number of likely N-dealkylation sites (N-methyl/N-ethyl adjacent to an activating group) is 1. The summed E-state index contributed by atoms with van der Waals surface area (Å²) < 4.78 is 34.9. The lowest BCUT2D eigenvalue weighted by atomic mass is 10.0. The second-order valence-electron chi connectivity index (χ2n) is 31.3. The minimum atomic E-state index is -4.39. The van der Waals surface area contributed by atoms with Crippen LogP contribution < -0.4 is 0 Å².